The van der Waals surface area contributed by atoms with Gasteiger partial charge >= 0.3 is 5.69 Å². The molecule has 8 nitrogen and oxygen atoms in total. The number of hydrogen-bond donors (Lipinski definition) is 1. The van der Waals surface area contributed by atoms with Gasteiger partial charge in [0.1, 0.15) is 0 Å². The third kappa shape index (κ3) is 3.42. The number of benzene rings is 1. The van der Waals surface area contributed by atoms with E-state index in [0.29, 0.717) is 16.3 Å². The lowest BCUT2D eigenvalue weighted by atomic mass is 10.1. The van der Waals surface area contributed by atoms with Crippen molar-refractivity contribution >= 4 is 34.5 Å². The average Bonchev–Trinajstić information content (AvgIpc) is 3.00. The Bertz CT molecular complexity index is 1140. The molecule has 3 aromatic rings. The van der Waals surface area contributed by atoms with Gasteiger partial charge in [0.2, 0.25) is 5.91 Å². The number of thioether (sulfide) groups is 1. The van der Waals surface area contributed by atoms with Crippen molar-refractivity contribution in [2.24, 2.45) is 21.1 Å². The van der Waals surface area contributed by atoms with Crippen molar-refractivity contribution in [3.05, 3.63) is 50.7 Å². The summed E-state index contributed by atoms with van der Waals surface area (Å²) < 4.78 is 4.00. The van der Waals surface area contributed by atoms with Crippen molar-refractivity contribution in [3.8, 4) is 0 Å². The summed E-state index contributed by atoms with van der Waals surface area (Å²) in [5, 5.41) is 3.41. The molecule has 3 rings (SSSR count). The van der Waals surface area contributed by atoms with Crippen LogP contribution in [0.1, 0.15) is 12.5 Å². The second-order valence-corrected chi connectivity index (χ2v) is 7.12. The minimum Gasteiger partial charge on any atom is -0.325 e. The third-order valence-electron chi connectivity index (χ3n) is 4.44. The molecule has 0 atom stereocenters. The first-order chi connectivity index (χ1) is 12.8. The number of aromatic nitrogens is 4. The highest BCUT2D eigenvalue weighted by atomic mass is 32.2. The zero-order valence-corrected chi connectivity index (χ0v) is 16.5. The van der Waals surface area contributed by atoms with E-state index in [-0.39, 0.29) is 11.7 Å². The zero-order valence-electron chi connectivity index (χ0n) is 15.6. The fourth-order valence-corrected chi connectivity index (χ4v) is 3.66. The van der Waals surface area contributed by atoms with Crippen molar-refractivity contribution in [2.75, 3.05) is 11.1 Å². The number of carbonyl (C=O) groups excluding carboxylic acids is 1. The summed E-state index contributed by atoms with van der Waals surface area (Å²) in [4.78, 5) is 41.2. The molecule has 0 bridgehead atoms. The van der Waals surface area contributed by atoms with Gasteiger partial charge in [-0.15, -0.1) is 0 Å². The van der Waals surface area contributed by atoms with Crippen LogP contribution >= 0.6 is 11.8 Å². The van der Waals surface area contributed by atoms with E-state index >= 15 is 0 Å². The molecular weight excluding hydrogens is 366 g/mol. The molecule has 0 spiro atoms. The molecule has 0 aliphatic heterocycles. The third-order valence-corrected chi connectivity index (χ3v) is 5.47. The van der Waals surface area contributed by atoms with E-state index < -0.39 is 11.2 Å². The van der Waals surface area contributed by atoms with Crippen LogP contribution in [0.3, 0.4) is 0 Å². The van der Waals surface area contributed by atoms with Crippen LogP contribution in [0.15, 0.2) is 39.0 Å². The molecule has 2 heterocycles. The minimum absolute atomic E-state index is 0.142. The maximum atomic E-state index is 12.4. The maximum absolute atomic E-state index is 12.4. The molecule has 1 amide bonds. The molecule has 1 N–H and O–H groups in total. The molecule has 1 aromatic carbocycles. The Hall–Kier alpha value is -2.81. The molecule has 0 saturated heterocycles. The smallest absolute Gasteiger partial charge is 0.325 e. The highest BCUT2D eigenvalue weighted by Crippen LogP contribution is 2.21. The van der Waals surface area contributed by atoms with E-state index in [1.54, 1.807) is 18.7 Å². The fourth-order valence-electron chi connectivity index (χ4n) is 2.89. The van der Waals surface area contributed by atoms with Crippen LogP contribution < -0.4 is 16.6 Å². The molecule has 0 unspecified atom stereocenters. The number of amides is 1. The molecule has 0 saturated carbocycles. The van der Waals surface area contributed by atoms with Crippen LogP contribution in [0.25, 0.3) is 11.2 Å². The number of para-hydroxylation sites is 1. The predicted molar refractivity (Wildman–Crippen MR) is 106 cm³/mol. The van der Waals surface area contributed by atoms with Gasteiger partial charge in [-0.25, -0.2) is 9.78 Å². The summed E-state index contributed by atoms with van der Waals surface area (Å²) in [6, 6.07) is 7.66. The van der Waals surface area contributed by atoms with Crippen LogP contribution in [-0.4, -0.2) is 30.3 Å². The van der Waals surface area contributed by atoms with E-state index in [1.165, 1.54) is 23.4 Å². The number of anilines is 1. The van der Waals surface area contributed by atoms with Gasteiger partial charge in [-0.3, -0.25) is 18.7 Å². The zero-order chi connectivity index (χ0) is 19.7. The number of carbonyl (C=O) groups is 1. The number of imidazole rings is 1. The summed E-state index contributed by atoms with van der Waals surface area (Å²) in [6.07, 6.45) is 0.825. The largest absolute Gasteiger partial charge is 0.332 e. The normalized spacial score (nSPS) is 11.1. The molecule has 142 valence electrons. The van der Waals surface area contributed by atoms with Gasteiger partial charge < -0.3 is 9.88 Å². The van der Waals surface area contributed by atoms with Gasteiger partial charge in [-0.1, -0.05) is 36.9 Å². The number of hydrogen-bond acceptors (Lipinski definition) is 5. The van der Waals surface area contributed by atoms with E-state index in [0.717, 1.165) is 22.2 Å². The number of nitrogens with zero attached hydrogens (tertiary/aromatic N) is 4. The van der Waals surface area contributed by atoms with E-state index in [2.05, 4.69) is 10.3 Å². The second-order valence-electron chi connectivity index (χ2n) is 6.18. The fraction of sp³-hybridized carbons (Fsp3) is 0.333. The Kier molecular flexibility index (Phi) is 5.22. The Labute approximate surface area is 159 Å². The van der Waals surface area contributed by atoms with Crippen LogP contribution in [0, 0.1) is 0 Å². The maximum Gasteiger partial charge on any atom is 0.332 e. The second kappa shape index (κ2) is 7.43. The topological polar surface area (TPSA) is 90.9 Å². The molecule has 2 aromatic heterocycles. The van der Waals surface area contributed by atoms with Crippen molar-refractivity contribution in [1.29, 1.82) is 0 Å². The first-order valence-electron chi connectivity index (χ1n) is 8.48. The summed E-state index contributed by atoms with van der Waals surface area (Å²) in [5.41, 5.74) is 1.67. The lowest BCUT2D eigenvalue weighted by molar-refractivity contribution is -0.113. The quantitative estimate of drug-likeness (QED) is 0.666. The Morgan fingerprint density at radius 2 is 1.81 bits per heavy atom. The summed E-state index contributed by atoms with van der Waals surface area (Å²) in [5.74, 6) is -0.0153. The van der Waals surface area contributed by atoms with Gasteiger partial charge in [0.25, 0.3) is 5.56 Å². The highest BCUT2D eigenvalue weighted by Gasteiger charge is 2.18. The summed E-state index contributed by atoms with van der Waals surface area (Å²) >= 11 is 1.22. The van der Waals surface area contributed by atoms with E-state index in [9.17, 15) is 14.4 Å². The highest BCUT2D eigenvalue weighted by molar-refractivity contribution is 7.99. The van der Waals surface area contributed by atoms with Gasteiger partial charge in [0, 0.05) is 26.8 Å². The standard InChI is InChI=1S/C18H21N5O3S/c1-5-11-8-6-7-9-12(11)19-13(24)10-27-17-20-15-14(21(17)2)16(25)23(4)18(26)22(15)3/h6-9H,5,10H2,1-4H3,(H,19,24). The summed E-state index contributed by atoms with van der Waals surface area (Å²) in [6.45, 7) is 2.03. The van der Waals surface area contributed by atoms with E-state index in [4.69, 9.17) is 0 Å². The Morgan fingerprint density at radius 3 is 2.52 bits per heavy atom. The van der Waals surface area contributed by atoms with Crippen LogP contribution in [0.2, 0.25) is 0 Å². The van der Waals surface area contributed by atoms with Gasteiger partial charge in [0.15, 0.2) is 16.3 Å². The molecule has 0 aliphatic rings. The van der Waals surface area contributed by atoms with Crippen molar-refractivity contribution < 1.29 is 4.79 Å². The number of aryl methyl sites for hydroxylation is 3. The van der Waals surface area contributed by atoms with Crippen molar-refractivity contribution in [3.63, 3.8) is 0 Å². The number of nitrogens with one attached hydrogen (secondary N) is 1. The molecule has 0 fully saturated rings. The lowest BCUT2D eigenvalue weighted by Crippen LogP contribution is -2.37. The molecular formula is C18H21N5O3S. The van der Waals surface area contributed by atoms with Crippen LogP contribution in [0.4, 0.5) is 5.69 Å². The van der Waals surface area contributed by atoms with Gasteiger partial charge in [-0.05, 0) is 18.1 Å². The average molecular weight is 387 g/mol. The number of rotatable bonds is 5. The molecule has 9 heteroatoms. The van der Waals surface area contributed by atoms with Crippen LogP contribution in [-0.2, 0) is 32.4 Å². The monoisotopic (exact) mass is 387 g/mol. The SMILES string of the molecule is CCc1ccccc1NC(=O)CSc1nc2c(c(=O)n(C)c(=O)n2C)n1C. The molecule has 0 aliphatic carbocycles. The molecule has 0 radical (unpaired) electrons. The van der Waals surface area contributed by atoms with Gasteiger partial charge in [0.05, 0.1) is 5.75 Å². The number of fused-ring (bicyclic) bond motifs is 1. The van der Waals surface area contributed by atoms with Gasteiger partial charge in [-0.2, -0.15) is 0 Å². The summed E-state index contributed by atoms with van der Waals surface area (Å²) in [7, 11) is 4.70. The van der Waals surface area contributed by atoms with E-state index in [1.807, 2.05) is 31.2 Å². The Balaban J connectivity index is 1.83. The first kappa shape index (κ1) is 19.0. The minimum atomic E-state index is -0.434. The van der Waals surface area contributed by atoms with Crippen molar-refractivity contribution in [1.82, 2.24) is 18.7 Å². The Morgan fingerprint density at radius 1 is 1.11 bits per heavy atom. The first-order valence-corrected chi connectivity index (χ1v) is 9.46. The predicted octanol–water partition coefficient (Wildman–Crippen LogP) is 1.26. The van der Waals surface area contributed by atoms with Crippen LogP contribution in [0.5, 0.6) is 0 Å². The lowest BCUT2D eigenvalue weighted by Gasteiger charge is -2.09. The molecule has 27 heavy (non-hydrogen) atoms. The van der Waals surface area contributed by atoms with Crippen molar-refractivity contribution in [2.45, 2.75) is 18.5 Å².